The van der Waals surface area contributed by atoms with Crippen LogP contribution in [0.1, 0.15) is 15.9 Å². The Morgan fingerprint density at radius 1 is 0.857 bits per heavy atom. The Kier molecular flexibility index (Phi) is 5.47. The second-order valence-corrected chi connectivity index (χ2v) is 7.65. The average Bonchev–Trinajstić information content (AvgIpc) is 2.67. The lowest BCUT2D eigenvalue weighted by atomic mass is 10.1. The van der Waals surface area contributed by atoms with Gasteiger partial charge in [0.05, 0.1) is 4.90 Å². The molecule has 3 aromatic carbocycles. The van der Waals surface area contributed by atoms with Gasteiger partial charge >= 0.3 is 0 Å². The summed E-state index contributed by atoms with van der Waals surface area (Å²) < 4.78 is 27.1. The fraction of sp³-hybridized carbons (Fsp3) is 0. The van der Waals surface area contributed by atoms with Crippen LogP contribution < -0.4 is 4.72 Å². The van der Waals surface area contributed by atoms with Gasteiger partial charge in [0.1, 0.15) is 11.5 Å². The Balaban J connectivity index is 1.70. The van der Waals surface area contributed by atoms with E-state index in [-0.39, 0.29) is 22.2 Å². The molecule has 28 heavy (non-hydrogen) atoms. The van der Waals surface area contributed by atoms with E-state index in [1.165, 1.54) is 60.7 Å². The number of phenolic OH excluding ortho intramolecular Hbond substituents is 2. The number of carbonyl (C=O) groups excluding carboxylic acids is 1. The van der Waals surface area contributed by atoms with E-state index in [4.69, 9.17) is 0 Å². The van der Waals surface area contributed by atoms with Crippen molar-refractivity contribution in [2.24, 2.45) is 0 Å². The number of ketones is 1. The maximum atomic E-state index is 12.3. The molecular weight excluding hydrogens is 378 g/mol. The molecule has 0 aromatic heterocycles. The van der Waals surface area contributed by atoms with Crippen LogP contribution in [0.4, 0.5) is 5.69 Å². The quantitative estimate of drug-likeness (QED) is 0.435. The lowest BCUT2D eigenvalue weighted by Crippen LogP contribution is -2.12. The number of aromatic hydroxyl groups is 2. The molecule has 142 valence electrons. The third-order valence-corrected chi connectivity index (χ3v) is 5.25. The highest BCUT2D eigenvalue weighted by atomic mass is 32.2. The minimum Gasteiger partial charge on any atom is -0.508 e. The standard InChI is InChI=1S/C21H17NO5S/c23-18-11-4-15(5-12-18)6-13-21(25)16-7-9-17(10-8-16)22-28(26,27)20-3-1-2-19(24)14-20/h1-14,22-24H. The van der Waals surface area contributed by atoms with Gasteiger partial charge in [0, 0.05) is 17.3 Å². The topological polar surface area (TPSA) is 104 Å². The molecule has 0 bridgehead atoms. The van der Waals surface area contributed by atoms with Gasteiger partial charge in [0.25, 0.3) is 10.0 Å². The van der Waals surface area contributed by atoms with E-state index in [1.54, 1.807) is 18.2 Å². The number of hydrogen-bond acceptors (Lipinski definition) is 5. The highest BCUT2D eigenvalue weighted by Crippen LogP contribution is 2.20. The van der Waals surface area contributed by atoms with Gasteiger partial charge in [-0.25, -0.2) is 8.42 Å². The van der Waals surface area contributed by atoms with Crippen LogP contribution in [0.25, 0.3) is 6.08 Å². The fourth-order valence-electron chi connectivity index (χ4n) is 2.42. The Hall–Kier alpha value is -3.58. The first-order valence-corrected chi connectivity index (χ1v) is 9.75. The first-order valence-electron chi connectivity index (χ1n) is 8.27. The van der Waals surface area contributed by atoms with E-state index in [2.05, 4.69) is 4.72 Å². The number of anilines is 1. The van der Waals surface area contributed by atoms with Gasteiger partial charge in [-0.3, -0.25) is 9.52 Å². The second kappa shape index (κ2) is 7.98. The largest absolute Gasteiger partial charge is 0.508 e. The highest BCUT2D eigenvalue weighted by Gasteiger charge is 2.14. The number of allylic oxidation sites excluding steroid dienone is 1. The van der Waals surface area contributed by atoms with Crippen LogP contribution in [0.15, 0.2) is 83.8 Å². The molecule has 0 heterocycles. The minimum atomic E-state index is -3.85. The van der Waals surface area contributed by atoms with Gasteiger partial charge in [0.2, 0.25) is 0 Å². The zero-order valence-electron chi connectivity index (χ0n) is 14.6. The zero-order valence-corrected chi connectivity index (χ0v) is 15.4. The van der Waals surface area contributed by atoms with Crippen LogP contribution in [-0.2, 0) is 10.0 Å². The molecule has 0 radical (unpaired) electrons. The molecule has 0 aliphatic carbocycles. The predicted octanol–water partition coefficient (Wildman–Crippen LogP) is 3.79. The van der Waals surface area contributed by atoms with Crippen molar-refractivity contribution in [3.63, 3.8) is 0 Å². The monoisotopic (exact) mass is 395 g/mol. The fourth-order valence-corrected chi connectivity index (χ4v) is 3.52. The van der Waals surface area contributed by atoms with Crippen molar-refractivity contribution in [1.29, 1.82) is 0 Å². The maximum absolute atomic E-state index is 12.3. The Bertz CT molecular complexity index is 1120. The lowest BCUT2D eigenvalue weighted by Gasteiger charge is -2.08. The van der Waals surface area contributed by atoms with Crippen molar-refractivity contribution < 1.29 is 23.4 Å². The molecule has 6 nitrogen and oxygen atoms in total. The van der Waals surface area contributed by atoms with Crippen molar-refractivity contribution in [3.05, 3.63) is 90.0 Å². The van der Waals surface area contributed by atoms with Crippen LogP contribution >= 0.6 is 0 Å². The van der Waals surface area contributed by atoms with Gasteiger partial charge in [-0.2, -0.15) is 0 Å². The summed E-state index contributed by atoms with van der Waals surface area (Å²) >= 11 is 0. The van der Waals surface area contributed by atoms with Crippen LogP contribution in [0.5, 0.6) is 11.5 Å². The molecule has 0 atom stereocenters. The summed E-state index contributed by atoms with van der Waals surface area (Å²) in [5, 5.41) is 18.7. The highest BCUT2D eigenvalue weighted by molar-refractivity contribution is 7.92. The molecule has 0 amide bonds. The maximum Gasteiger partial charge on any atom is 0.262 e. The zero-order chi connectivity index (χ0) is 20.1. The van der Waals surface area contributed by atoms with Crippen molar-refractivity contribution in [1.82, 2.24) is 0 Å². The summed E-state index contributed by atoms with van der Waals surface area (Å²) in [6, 6.07) is 17.8. The number of sulfonamides is 1. The van der Waals surface area contributed by atoms with Crippen molar-refractivity contribution in [2.75, 3.05) is 4.72 Å². The molecule has 0 aliphatic heterocycles. The van der Waals surface area contributed by atoms with Crippen LogP contribution in [0.2, 0.25) is 0 Å². The van der Waals surface area contributed by atoms with E-state index in [0.717, 1.165) is 11.6 Å². The molecule has 0 spiro atoms. The van der Waals surface area contributed by atoms with Gasteiger partial charge in [0.15, 0.2) is 5.78 Å². The Labute approximate surface area is 162 Å². The molecule has 3 aromatic rings. The minimum absolute atomic E-state index is 0.0653. The Morgan fingerprint density at radius 3 is 2.18 bits per heavy atom. The van der Waals surface area contributed by atoms with Crippen molar-refractivity contribution in [2.45, 2.75) is 4.90 Å². The summed E-state index contributed by atoms with van der Waals surface area (Å²) in [5.41, 5.74) is 1.46. The van der Waals surface area contributed by atoms with Gasteiger partial charge in [-0.1, -0.05) is 24.3 Å². The van der Waals surface area contributed by atoms with E-state index in [0.29, 0.717) is 11.3 Å². The SMILES string of the molecule is O=C(C=Cc1ccc(O)cc1)c1ccc(NS(=O)(=O)c2cccc(O)c2)cc1. The molecule has 0 fully saturated rings. The summed E-state index contributed by atoms with van der Waals surface area (Å²) in [6.07, 6.45) is 3.03. The number of carbonyl (C=O) groups is 1. The first-order chi connectivity index (χ1) is 13.3. The molecule has 3 rings (SSSR count). The van der Waals surface area contributed by atoms with Crippen LogP contribution in [0, 0.1) is 0 Å². The lowest BCUT2D eigenvalue weighted by molar-refractivity contribution is 0.104. The van der Waals surface area contributed by atoms with Gasteiger partial charge < -0.3 is 10.2 Å². The first kappa shape index (κ1) is 19.2. The summed E-state index contributed by atoms with van der Waals surface area (Å²) in [7, 11) is -3.85. The molecular formula is C21H17NO5S. The van der Waals surface area contributed by atoms with Crippen molar-refractivity contribution in [3.8, 4) is 11.5 Å². The van der Waals surface area contributed by atoms with E-state index >= 15 is 0 Å². The molecule has 0 saturated heterocycles. The average molecular weight is 395 g/mol. The molecule has 0 aliphatic rings. The number of nitrogens with one attached hydrogen (secondary N) is 1. The number of phenols is 2. The number of hydrogen-bond donors (Lipinski definition) is 3. The van der Waals surface area contributed by atoms with E-state index in [1.807, 2.05) is 0 Å². The Morgan fingerprint density at radius 2 is 1.54 bits per heavy atom. The van der Waals surface area contributed by atoms with Crippen LogP contribution in [-0.4, -0.2) is 24.4 Å². The van der Waals surface area contributed by atoms with Gasteiger partial charge in [-0.05, 0) is 60.2 Å². The molecule has 0 unspecified atom stereocenters. The second-order valence-electron chi connectivity index (χ2n) is 5.97. The third kappa shape index (κ3) is 4.77. The summed E-state index contributed by atoms with van der Waals surface area (Å²) in [5.74, 6) is -0.244. The van der Waals surface area contributed by atoms with Crippen LogP contribution in [0.3, 0.4) is 0 Å². The normalized spacial score (nSPS) is 11.4. The number of rotatable bonds is 6. The van der Waals surface area contributed by atoms with Gasteiger partial charge in [-0.15, -0.1) is 0 Å². The van der Waals surface area contributed by atoms with Crippen molar-refractivity contribution >= 4 is 27.6 Å². The predicted molar refractivity (Wildman–Crippen MR) is 107 cm³/mol. The molecule has 3 N–H and O–H groups in total. The smallest absolute Gasteiger partial charge is 0.262 e. The third-order valence-electron chi connectivity index (χ3n) is 3.87. The number of benzene rings is 3. The van der Waals surface area contributed by atoms with E-state index < -0.39 is 10.0 Å². The molecule has 7 heteroatoms. The molecule has 0 saturated carbocycles. The summed E-state index contributed by atoms with van der Waals surface area (Å²) in [6.45, 7) is 0. The van der Waals surface area contributed by atoms with E-state index in [9.17, 15) is 23.4 Å². The summed E-state index contributed by atoms with van der Waals surface area (Å²) in [4.78, 5) is 12.2.